The standard InChI is InChI=1S/C6H6N2O2/c1-4(9)5-6(10)8-3-2-7-5/h2-3H,1H3,(H,8,10). The summed E-state index contributed by atoms with van der Waals surface area (Å²) >= 11 is 0. The maximum absolute atomic E-state index is 10.6. The van der Waals surface area contributed by atoms with Crippen molar-refractivity contribution in [3.05, 3.63) is 18.1 Å². The Hall–Kier alpha value is -1.45. The molecule has 0 unspecified atom stereocenters. The van der Waals surface area contributed by atoms with E-state index in [-0.39, 0.29) is 17.4 Å². The van der Waals surface area contributed by atoms with Gasteiger partial charge in [0.15, 0.2) is 11.5 Å². The van der Waals surface area contributed by atoms with Gasteiger partial charge in [-0.25, -0.2) is 9.97 Å². The maximum atomic E-state index is 10.6. The largest absolute Gasteiger partial charge is 0.492 e. The van der Waals surface area contributed by atoms with Crippen LogP contribution in [0, 0.1) is 0 Å². The van der Waals surface area contributed by atoms with E-state index < -0.39 is 0 Å². The van der Waals surface area contributed by atoms with E-state index in [2.05, 4.69) is 9.97 Å². The first-order valence-corrected chi connectivity index (χ1v) is 2.72. The molecule has 0 atom stereocenters. The first-order chi connectivity index (χ1) is 4.72. The zero-order valence-corrected chi connectivity index (χ0v) is 5.40. The minimum atomic E-state index is -0.310. The molecule has 0 amide bonds. The fraction of sp³-hybridized carbons (Fsp3) is 0.167. The highest BCUT2D eigenvalue weighted by atomic mass is 16.3. The lowest BCUT2D eigenvalue weighted by atomic mass is 10.3. The van der Waals surface area contributed by atoms with E-state index in [1.165, 1.54) is 19.3 Å². The molecule has 0 radical (unpaired) electrons. The predicted octanol–water partition coefficient (Wildman–Crippen LogP) is 0.385. The number of ketones is 1. The van der Waals surface area contributed by atoms with Gasteiger partial charge >= 0.3 is 0 Å². The minimum absolute atomic E-state index is 0.0162. The Bertz CT molecular complexity index is 260. The van der Waals surface area contributed by atoms with Crippen molar-refractivity contribution in [2.45, 2.75) is 6.92 Å². The summed E-state index contributed by atoms with van der Waals surface area (Å²) in [5.74, 6) is -0.597. The van der Waals surface area contributed by atoms with Crippen LogP contribution in [0.5, 0.6) is 5.88 Å². The van der Waals surface area contributed by atoms with Gasteiger partial charge < -0.3 is 5.11 Å². The molecule has 0 fully saturated rings. The number of rotatable bonds is 1. The third-order valence-corrected chi connectivity index (χ3v) is 1.01. The topological polar surface area (TPSA) is 63.1 Å². The third-order valence-electron chi connectivity index (χ3n) is 1.01. The normalized spacial score (nSPS) is 9.30. The highest BCUT2D eigenvalue weighted by molar-refractivity contribution is 5.93. The Kier molecular flexibility index (Phi) is 1.62. The van der Waals surface area contributed by atoms with Gasteiger partial charge in [-0.05, 0) is 0 Å². The Labute approximate surface area is 57.6 Å². The summed E-state index contributed by atoms with van der Waals surface area (Å²) in [7, 11) is 0. The molecule has 1 rings (SSSR count). The van der Waals surface area contributed by atoms with Gasteiger partial charge in [0.2, 0.25) is 5.88 Å². The van der Waals surface area contributed by atoms with Crippen molar-refractivity contribution < 1.29 is 9.90 Å². The molecule has 0 bridgehead atoms. The lowest BCUT2D eigenvalue weighted by Crippen LogP contribution is -1.97. The van der Waals surface area contributed by atoms with E-state index in [1.54, 1.807) is 0 Å². The average Bonchev–Trinajstić information content (AvgIpc) is 1.88. The van der Waals surface area contributed by atoms with E-state index in [0.717, 1.165) is 0 Å². The van der Waals surface area contributed by atoms with Crippen LogP contribution in [0.4, 0.5) is 0 Å². The van der Waals surface area contributed by atoms with Gasteiger partial charge in [0.05, 0.1) is 0 Å². The van der Waals surface area contributed by atoms with Crippen molar-refractivity contribution in [2.24, 2.45) is 0 Å². The van der Waals surface area contributed by atoms with Crippen molar-refractivity contribution >= 4 is 5.78 Å². The fourth-order valence-electron chi connectivity index (χ4n) is 0.579. The highest BCUT2D eigenvalue weighted by Gasteiger charge is 2.06. The summed E-state index contributed by atoms with van der Waals surface area (Å²) in [6, 6.07) is 0. The Morgan fingerprint density at radius 3 is 2.50 bits per heavy atom. The van der Waals surface area contributed by atoms with Crippen molar-refractivity contribution in [3.8, 4) is 5.88 Å². The summed E-state index contributed by atoms with van der Waals surface area (Å²) in [6.45, 7) is 1.32. The van der Waals surface area contributed by atoms with Crippen molar-refractivity contribution in [3.63, 3.8) is 0 Å². The Balaban J connectivity index is 3.15. The lowest BCUT2D eigenvalue weighted by molar-refractivity contribution is 0.100. The minimum Gasteiger partial charge on any atom is -0.492 e. The number of aromatic nitrogens is 2. The molecule has 1 heterocycles. The van der Waals surface area contributed by atoms with Crippen LogP contribution in [0.25, 0.3) is 0 Å². The van der Waals surface area contributed by atoms with Gasteiger partial charge in [0.1, 0.15) is 0 Å². The van der Waals surface area contributed by atoms with Crippen LogP contribution in [0.15, 0.2) is 12.4 Å². The second kappa shape index (κ2) is 2.43. The molecule has 0 aromatic carbocycles. The maximum Gasteiger partial charge on any atom is 0.241 e. The molecular weight excluding hydrogens is 132 g/mol. The molecule has 10 heavy (non-hydrogen) atoms. The van der Waals surface area contributed by atoms with E-state index in [1.807, 2.05) is 0 Å². The van der Waals surface area contributed by atoms with Gasteiger partial charge in [-0.2, -0.15) is 0 Å². The summed E-state index contributed by atoms with van der Waals surface area (Å²) in [4.78, 5) is 17.7. The summed E-state index contributed by atoms with van der Waals surface area (Å²) < 4.78 is 0. The molecule has 1 aromatic heterocycles. The van der Waals surface area contributed by atoms with E-state index in [4.69, 9.17) is 5.11 Å². The van der Waals surface area contributed by atoms with Crippen LogP contribution in [0.1, 0.15) is 17.4 Å². The second-order valence-electron chi connectivity index (χ2n) is 1.78. The zero-order valence-electron chi connectivity index (χ0n) is 5.40. The predicted molar refractivity (Wildman–Crippen MR) is 33.7 cm³/mol. The van der Waals surface area contributed by atoms with Crippen LogP contribution in [0.2, 0.25) is 0 Å². The number of carbonyl (C=O) groups is 1. The molecule has 0 spiro atoms. The molecular formula is C6H6N2O2. The molecule has 0 aliphatic heterocycles. The van der Waals surface area contributed by atoms with Crippen LogP contribution in [0.3, 0.4) is 0 Å². The lowest BCUT2D eigenvalue weighted by Gasteiger charge is -1.93. The molecule has 4 heteroatoms. The molecule has 0 aliphatic rings. The SMILES string of the molecule is CC(=O)c1nccnc1O. The second-order valence-corrected chi connectivity index (χ2v) is 1.78. The van der Waals surface area contributed by atoms with Crippen molar-refractivity contribution in [1.82, 2.24) is 9.97 Å². The fourth-order valence-corrected chi connectivity index (χ4v) is 0.579. The first-order valence-electron chi connectivity index (χ1n) is 2.72. The monoisotopic (exact) mass is 138 g/mol. The molecule has 0 saturated heterocycles. The Morgan fingerprint density at radius 1 is 1.50 bits per heavy atom. The zero-order chi connectivity index (χ0) is 7.56. The van der Waals surface area contributed by atoms with E-state index in [0.29, 0.717) is 0 Å². The van der Waals surface area contributed by atoms with E-state index >= 15 is 0 Å². The number of Topliss-reactive ketones (excluding diaryl/α,β-unsaturated/α-hetero) is 1. The van der Waals surface area contributed by atoms with Crippen LogP contribution in [-0.4, -0.2) is 20.9 Å². The molecule has 1 N–H and O–H groups in total. The van der Waals surface area contributed by atoms with E-state index in [9.17, 15) is 4.79 Å². The van der Waals surface area contributed by atoms with Crippen LogP contribution < -0.4 is 0 Å². The van der Waals surface area contributed by atoms with Gasteiger partial charge in [0, 0.05) is 19.3 Å². The summed E-state index contributed by atoms with van der Waals surface area (Å²) in [6.07, 6.45) is 2.68. The quantitative estimate of drug-likeness (QED) is 0.570. The number of carbonyl (C=O) groups excluding carboxylic acids is 1. The van der Waals surface area contributed by atoms with Gasteiger partial charge in [0.25, 0.3) is 0 Å². The highest BCUT2D eigenvalue weighted by Crippen LogP contribution is 2.07. The van der Waals surface area contributed by atoms with Gasteiger partial charge in [-0.15, -0.1) is 0 Å². The summed E-state index contributed by atoms with van der Waals surface area (Å²) in [5.41, 5.74) is 0.0162. The average molecular weight is 138 g/mol. The van der Waals surface area contributed by atoms with Crippen molar-refractivity contribution in [2.75, 3.05) is 0 Å². The molecule has 52 valence electrons. The molecule has 0 aliphatic carbocycles. The number of nitrogens with zero attached hydrogens (tertiary/aromatic N) is 2. The van der Waals surface area contributed by atoms with Gasteiger partial charge in [-0.3, -0.25) is 4.79 Å². The molecule has 1 aromatic rings. The smallest absolute Gasteiger partial charge is 0.241 e. The summed E-state index contributed by atoms with van der Waals surface area (Å²) in [5, 5.41) is 8.89. The van der Waals surface area contributed by atoms with Crippen LogP contribution in [-0.2, 0) is 0 Å². The third kappa shape index (κ3) is 1.10. The first kappa shape index (κ1) is 6.67. The van der Waals surface area contributed by atoms with Crippen molar-refractivity contribution in [1.29, 1.82) is 0 Å². The number of hydrogen-bond donors (Lipinski definition) is 1. The van der Waals surface area contributed by atoms with Crippen LogP contribution >= 0.6 is 0 Å². The Morgan fingerprint density at radius 2 is 2.10 bits per heavy atom. The van der Waals surface area contributed by atoms with Gasteiger partial charge in [-0.1, -0.05) is 0 Å². The number of hydrogen-bond acceptors (Lipinski definition) is 4. The number of aromatic hydroxyl groups is 1. The molecule has 4 nitrogen and oxygen atoms in total. The molecule has 0 saturated carbocycles.